The lowest BCUT2D eigenvalue weighted by Gasteiger charge is -2.12. The summed E-state index contributed by atoms with van der Waals surface area (Å²) in [5.41, 5.74) is 4.22. The number of anilines is 3. The van der Waals surface area contributed by atoms with Gasteiger partial charge in [0.05, 0.1) is 5.69 Å². The largest absolute Gasteiger partial charge is 0.354 e. The maximum atomic E-state index is 4.67. The molecule has 0 amide bonds. The third-order valence-electron chi connectivity index (χ3n) is 3.79. The number of aromatic nitrogens is 2. The van der Waals surface area contributed by atoms with Crippen LogP contribution in [0.1, 0.15) is 19.4 Å². The van der Waals surface area contributed by atoms with Crippen molar-refractivity contribution < 1.29 is 0 Å². The van der Waals surface area contributed by atoms with Crippen molar-refractivity contribution in [2.45, 2.75) is 20.8 Å². The number of nitrogens with one attached hydrogen (secondary N) is 2. The molecule has 25 heavy (non-hydrogen) atoms. The zero-order valence-electron chi connectivity index (χ0n) is 15.0. The molecule has 2 aromatic carbocycles. The molecule has 0 saturated heterocycles. The molecule has 0 bridgehead atoms. The van der Waals surface area contributed by atoms with Crippen LogP contribution in [-0.4, -0.2) is 16.5 Å². The van der Waals surface area contributed by atoms with E-state index in [1.165, 1.54) is 5.56 Å². The van der Waals surface area contributed by atoms with E-state index in [9.17, 15) is 0 Å². The Kier molecular flexibility index (Phi) is 5.29. The molecule has 0 fully saturated rings. The van der Waals surface area contributed by atoms with Gasteiger partial charge < -0.3 is 10.6 Å². The highest BCUT2D eigenvalue weighted by molar-refractivity contribution is 5.67. The first-order valence-electron chi connectivity index (χ1n) is 8.62. The van der Waals surface area contributed by atoms with Crippen LogP contribution in [0.15, 0.2) is 60.7 Å². The highest BCUT2D eigenvalue weighted by Crippen LogP contribution is 2.23. The fraction of sp³-hybridized carbons (Fsp3) is 0.238. The summed E-state index contributed by atoms with van der Waals surface area (Å²) in [7, 11) is 0. The van der Waals surface area contributed by atoms with Gasteiger partial charge in [0, 0.05) is 23.9 Å². The Hall–Kier alpha value is -2.88. The molecular weight excluding hydrogens is 308 g/mol. The number of hydrogen-bond acceptors (Lipinski definition) is 4. The van der Waals surface area contributed by atoms with Gasteiger partial charge in [-0.15, -0.1) is 0 Å². The first-order valence-corrected chi connectivity index (χ1v) is 8.62. The molecule has 0 atom stereocenters. The molecule has 128 valence electrons. The zero-order chi connectivity index (χ0) is 17.6. The SMILES string of the molecule is Cc1ccc(Nc2cc(-c3ccccc3)nc(NCC(C)C)n2)cc1. The van der Waals surface area contributed by atoms with Crippen molar-refractivity contribution in [3.05, 3.63) is 66.2 Å². The van der Waals surface area contributed by atoms with Gasteiger partial charge in [0.15, 0.2) is 0 Å². The van der Waals surface area contributed by atoms with Gasteiger partial charge in [-0.2, -0.15) is 4.98 Å². The quantitative estimate of drug-likeness (QED) is 0.646. The van der Waals surface area contributed by atoms with Crippen LogP contribution < -0.4 is 10.6 Å². The highest BCUT2D eigenvalue weighted by Gasteiger charge is 2.07. The van der Waals surface area contributed by atoms with E-state index in [-0.39, 0.29) is 0 Å². The molecule has 3 rings (SSSR count). The molecule has 0 aliphatic rings. The van der Waals surface area contributed by atoms with Gasteiger partial charge in [-0.05, 0) is 25.0 Å². The fourth-order valence-corrected chi connectivity index (χ4v) is 2.43. The normalized spacial score (nSPS) is 10.7. The highest BCUT2D eigenvalue weighted by atomic mass is 15.1. The summed E-state index contributed by atoms with van der Waals surface area (Å²) in [6, 6.07) is 20.4. The third-order valence-corrected chi connectivity index (χ3v) is 3.79. The van der Waals surface area contributed by atoms with E-state index < -0.39 is 0 Å². The van der Waals surface area contributed by atoms with Crippen LogP contribution in [0.3, 0.4) is 0 Å². The number of nitrogens with zero attached hydrogens (tertiary/aromatic N) is 2. The summed E-state index contributed by atoms with van der Waals surface area (Å²) in [4.78, 5) is 9.28. The Morgan fingerprint density at radius 3 is 2.32 bits per heavy atom. The Bertz CT molecular complexity index is 811. The third kappa shape index (κ3) is 4.80. The molecular formula is C21H24N4. The molecule has 0 aliphatic heterocycles. The topological polar surface area (TPSA) is 49.8 Å². The van der Waals surface area contributed by atoms with Crippen molar-refractivity contribution in [2.75, 3.05) is 17.2 Å². The van der Waals surface area contributed by atoms with E-state index in [2.05, 4.69) is 77.8 Å². The Morgan fingerprint density at radius 2 is 1.64 bits per heavy atom. The van der Waals surface area contributed by atoms with Gasteiger partial charge in [0.1, 0.15) is 5.82 Å². The molecule has 1 heterocycles. The van der Waals surface area contributed by atoms with Crippen LogP contribution in [0.25, 0.3) is 11.3 Å². The lowest BCUT2D eigenvalue weighted by atomic mass is 10.1. The van der Waals surface area contributed by atoms with Crippen LogP contribution in [0.4, 0.5) is 17.5 Å². The van der Waals surface area contributed by atoms with Gasteiger partial charge in [0.25, 0.3) is 0 Å². The van der Waals surface area contributed by atoms with Crippen molar-refractivity contribution in [1.82, 2.24) is 9.97 Å². The van der Waals surface area contributed by atoms with Crippen molar-refractivity contribution in [1.29, 1.82) is 0 Å². The Balaban J connectivity index is 1.92. The summed E-state index contributed by atoms with van der Waals surface area (Å²) >= 11 is 0. The second-order valence-electron chi connectivity index (χ2n) is 6.59. The molecule has 4 heteroatoms. The Labute approximate surface area is 149 Å². The fourth-order valence-electron chi connectivity index (χ4n) is 2.43. The van der Waals surface area contributed by atoms with Crippen molar-refractivity contribution in [3.63, 3.8) is 0 Å². The minimum absolute atomic E-state index is 0.525. The number of rotatable bonds is 6. The van der Waals surface area contributed by atoms with Crippen molar-refractivity contribution in [3.8, 4) is 11.3 Å². The first kappa shape index (κ1) is 17.0. The van der Waals surface area contributed by atoms with E-state index >= 15 is 0 Å². The standard InChI is InChI=1S/C21H24N4/c1-15(2)14-22-21-24-19(17-7-5-4-6-8-17)13-20(25-21)23-18-11-9-16(3)10-12-18/h4-13,15H,14H2,1-3H3,(H2,22,23,24,25). The number of aryl methyl sites for hydroxylation is 1. The maximum absolute atomic E-state index is 4.67. The van der Waals surface area contributed by atoms with Crippen molar-refractivity contribution in [2.24, 2.45) is 5.92 Å². The number of hydrogen-bond donors (Lipinski definition) is 2. The van der Waals surface area contributed by atoms with Crippen LogP contribution in [-0.2, 0) is 0 Å². The molecule has 4 nitrogen and oxygen atoms in total. The minimum Gasteiger partial charge on any atom is -0.354 e. The summed E-state index contributed by atoms with van der Waals surface area (Å²) in [6.07, 6.45) is 0. The Morgan fingerprint density at radius 1 is 0.920 bits per heavy atom. The lowest BCUT2D eigenvalue weighted by Crippen LogP contribution is -2.11. The second kappa shape index (κ2) is 7.79. The van der Waals surface area contributed by atoms with E-state index in [0.29, 0.717) is 11.9 Å². The molecule has 3 aromatic rings. The molecule has 0 unspecified atom stereocenters. The molecule has 1 aromatic heterocycles. The molecule has 0 aliphatic carbocycles. The molecule has 0 radical (unpaired) electrons. The average molecular weight is 332 g/mol. The summed E-state index contributed by atoms with van der Waals surface area (Å²) < 4.78 is 0. The van der Waals surface area contributed by atoms with Crippen LogP contribution in [0.2, 0.25) is 0 Å². The number of benzene rings is 2. The monoisotopic (exact) mass is 332 g/mol. The van der Waals surface area contributed by atoms with Crippen LogP contribution in [0, 0.1) is 12.8 Å². The van der Waals surface area contributed by atoms with Gasteiger partial charge in [-0.25, -0.2) is 4.98 Å². The summed E-state index contributed by atoms with van der Waals surface area (Å²) in [6.45, 7) is 7.25. The second-order valence-corrected chi connectivity index (χ2v) is 6.59. The van der Waals surface area contributed by atoms with E-state index in [4.69, 9.17) is 0 Å². The molecule has 2 N–H and O–H groups in total. The molecule has 0 spiro atoms. The molecule has 0 saturated carbocycles. The van der Waals surface area contributed by atoms with Crippen molar-refractivity contribution >= 4 is 17.5 Å². The average Bonchev–Trinajstić information content (AvgIpc) is 2.62. The van der Waals surface area contributed by atoms with E-state index in [0.717, 1.165) is 29.3 Å². The smallest absolute Gasteiger partial charge is 0.225 e. The predicted molar refractivity (Wildman–Crippen MR) is 105 cm³/mol. The van der Waals surface area contributed by atoms with E-state index in [1.54, 1.807) is 0 Å². The first-order chi connectivity index (χ1) is 12.1. The minimum atomic E-state index is 0.525. The van der Waals surface area contributed by atoms with Gasteiger partial charge in [0.2, 0.25) is 5.95 Å². The predicted octanol–water partition coefficient (Wildman–Crippen LogP) is 5.26. The van der Waals surface area contributed by atoms with Crippen LogP contribution >= 0.6 is 0 Å². The van der Waals surface area contributed by atoms with Crippen LogP contribution in [0.5, 0.6) is 0 Å². The zero-order valence-corrected chi connectivity index (χ0v) is 15.0. The van der Waals surface area contributed by atoms with Gasteiger partial charge >= 0.3 is 0 Å². The summed E-state index contributed by atoms with van der Waals surface area (Å²) in [5.74, 6) is 1.95. The lowest BCUT2D eigenvalue weighted by molar-refractivity contribution is 0.685. The van der Waals surface area contributed by atoms with Gasteiger partial charge in [-0.1, -0.05) is 61.9 Å². The van der Waals surface area contributed by atoms with Gasteiger partial charge in [-0.3, -0.25) is 0 Å². The maximum Gasteiger partial charge on any atom is 0.225 e. The van der Waals surface area contributed by atoms with E-state index in [1.807, 2.05) is 24.3 Å². The summed E-state index contributed by atoms with van der Waals surface area (Å²) in [5, 5.41) is 6.71.